The van der Waals surface area contributed by atoms with Crippen LogP contribution in [0.5, 0.6) is 0 Å². The molecule has 1 amide bonds. The molecular formula is C16H13FN2O. The molecule has 2 rings (SSSR count). The number of hydrogen-bond donors (Lipinski definition) is 1. The zero-order valence-corrected chi connectivity index (χ0v) is 11.0. The van der Waals surface area contributed by atoms with Crippen LogP contribution in [0.1, 0.15) is 27.0 Å². The van der Waals surface area contributed by atoms with Crippen LogP contribution in [-0.2, 0) is 6.54 Å². The number of nitriles is 1. The van der Waals surface area contributed by atoms with Gasteiger partial charge < -0.3 is 5.32 Å². The van der Waals surface area contributed by atoms with Gasteiger partial charge in [-0.05, 0) is 48.4 Å². The van der Waals surface area contributed by atoms with E-state index in [9.17, 15) is 9.18 Å². The van der Waals surface area contributed by atoms with Crippen molar-refractivity contribution in [2.24, 2.45) is 0 Å². The molecule has 0 saturated carbocycles. The lowest BCUT2D eigenvalue weighted by Gasteiger charge is -2.06. The first-order valence-corrected chi connectivity index (χ1v) is 6.13. The Morgan fingerprint density at radius 2 is 1.95 bits per heavy atom. The van der Waals surface area contributed by atoms with Gasteiger partial charge in [0.15, 0.2) is 0 Å². The minimum absolute atomic E-state index is 0.302. The smallest absolute Gasteiger partial charge is 0.251 e. The lowest BCUT2D eigenvalue weighted by molar-refractivity contribution is 0.0950. The van der Waals surface area contributed by atoms with Crippen molar-refractivity contribution < 1.29 is 9.18 Å². The van der Waals surface area contributed by atoms with Crippen molar-refractivity contribution >= 4 is 5.91 Å². The Morgan fingerprint density at radius 1 is 1.25 bits per heavy atom. The molecule has 0 heterocycles. The Bertz CT molecular complexity index is 652. The average molecular weight is 268 g/mol. The van der Waals surface area contributed by atoms with Crippen LogP contribution in [0.3, 0.4) is 0 Å². The maximum absolute atomic E-state index is 13.2. The van der Waals surface area contributed by atoms with Gasteiger partial charge in [0.1, 0.15) is 5.82 Å². The van der Waals surface area contributed by atoms with Crippen LogP contribution in [-0.4, -0.2) is 5.91 Å². The van der Waals surface area contributed by atoms with Crippen LogP contribution in [0.25, 0.3) is 0 Å². The summed E-state index contributed by atoms with van der Waals surface area (Å²) in [5.41, 5.74) is 2.45. The predicted molar refractivity (Wildman–Crippen MR) is 73.5 cm³/mol. The Kier molecular flexibility index (Phi) is 4.11. The Balaban J connectivity index is 2.02. The summed E-state index contributed by atoms with van der Waals surface area (Å²) in [5, 5.41) is 11.4. The number of amides is 1. The third-order valence-electron chi connectivity index (χ3n) is 2.84. The van der Waals surface area contributed by atoms with Gasteiger partial charge in [0.25, 0.3) is 5.91 Å². The predicted octanol–water partition coefficient (Wildman–Crippen LogP) is 2.94. The standard InChI is InChI=1S/C16H13FN2O/c1-11-6-14(8-15(17)7-11)16(20)19-10-13-4-2-12(9-18)3-5-13/h2-8H,10H2,1H3,(H,19,20). The SMILES string of the molecule is Cc1cc(F)cc(C(=O)NCc2ccc(C#N)cc2)c1. The number of aryl methyl sites for hydroxylation is 1. The molecule has 0 aliphatic heterocycles. The summed E-state index contributed by atoms with van der Waals surface area (Å²) < 4.78 is 13.2. The van der Waals surface area contributed by atoms with Gasteiger partial charge in [0.2, 0.25) is 0 Å². The van der Waals surface area contributed by atoms with E-state index in [-0.39, 0.29) is 5.91 Å². The van der Waals surface area contributed by atoms with Gasteiger partial charge in [-0.1, -0.05) is 12.1 Å². The van der Waals surface area contributed by atoms with E-state index in [0.717, 1.165) is 5.56 Å². The normalized spacial score (nSPS) is 9.85. The fourth-order valence-corrected chi connectivity index (χ4v) is 1.85. The van der Waals surface area contributed by atoms with Crippen LogP contribution < -0.4 is 5.32 Å². The van der Waals surface area contributed by atoms with E-state index in [2.05, 4.69) is 5.32 Å². The summed E-state index contributed by atoms with van der Waals surface area (Å²) >= 11 is 0. The molecule has 2 aromatic carbocycles. The molecule has 0 aliphatic rings. The number of hydrogen-bond acceptors (Lipinski definition) is 2. The molecule has 20 heavy (non-hydrogen) atoms. The van der Waals surface area contributed by atoms with Gasteiger partial charge >= 0.3 is 0 Å². The highest BCUT2D eigenvalue weighted by Gasteiger charge is 2.07. The first kappa shape index (κ1) is 13.8. The first-order valence-electron chi connectivity index (χ1n) is 6.13. The Labute approximate surface area is 116 Å². The summed E-state index contributed by atoms with van der Waals surface area (Å²) in [7, 11) is 0. The van der Waals surface area contributed by atoms with E-state index in [1.165, 1.54) is 12.1 Å². The van der Waals surface area contributed by atoms with Crippen molar-refractivity contribution in [3.05, 3.63) is 70.5 Å². The van der Waals surface area contributed by atoms with E-state index in [4.69, 9.17) is 5.26 Å². The zero-order chi connectivity index (χ0) is 14.5. The minimum Gasteiger partial charge on any atom is -0.348 e. The van der Waals surface area contributed by atoms with Crippen LogP contribution in [0.15, 0.2) is 42.5 Å². The highest BCUT2D eigenvalue weighted by molar-refractivity contribution is 5.94. The molecule has 0 unspecified atom stereocenters. The number of carbonyl (C=O) groups excluding carboxylic acids is 1. The van der Waals surface area contributed by atoms with Gasteiger partial charge in [-0.25, -0.2) is 4.39 Å². The number of halogens is 1. The lowest BCUT2D eigenvalue weighted by Crippen LogP contribution is -2.23. The van der Waals surface area contributed by atoms with Gasteiger partial charge in [0, 0.05) is 12.1 Å². The maximum Gasteiger partial charge on any atom is 0.251 e. The molecule has 2 aromatic rings. The molecule has 0 aromatic heterocycles. The fraction of sp³-hybridized carbons (Fsp3) is 0.125. The molecule has 0 fully saturated rings. The average Bonchev–Trinajstić information content (AvgIpc) is 2.44. The molecule has 3 nitrogen and oxygen atoms in total. The molecule has 1 N–H and O–H groups in total. The largest absolute Gasteiger partial charge is 0.348 e. The van der Waals surface area contributed by atoms with Crippen molar-refractivity contribution in [1.29, 1.82) is 5.26 Å². The minimum atomic E-state index is -0.423. The lowest BCUT2D eigenvalue weighted by atomic mass is 10.1. The molecule has 0 radical (unpaired) electrons. The molecule has 0 bridgehead atoms. The summed E-state index contributed by atoms with van der Waals surface area (Å²) in [5.74, 6) is -0.745. The van der Waals surface area contributed by atoms with Crippen LogP contribution >= 0.6 is 0 Å². The highest BCUT2D eigenvalue weighted by atomic mass is 19.1. The first-order chi connectivity index (χ1) is 9.58. The van der Waals surface area contributed by atoms with Crippen molar-refractivity contribution in [2.75, 3.05) is 0 Å². The van der Waals surface area contributed by atoms with Crippen molar-refractivity contribution in [2.45, 2.75) is 13.5 Å². The second-order valence-corrected chi connectivity index (χ2v) is 4.51. The molecule has 4 heteroatoms. The van der Waals surface area contributed by atoms with Gasteiger partial charge in [0.05, 0.1) is 11.6 Å². The fourth-order valence-electron chi connectivity index (χ4n) is 1.85. The molecule has 0 spiro atoms. The number of nitrogens with one attached hydrogen (secondary N) is 1. The van der Waals surface area contributed by atoms with Crippen LogP contribution in [0.2, 0.25) is 0 Å². The second kappa shape index (κ2) is 5.98. The van der Waals surface area contributed by atoms with Crippen LogP contribution in [0, 0.1) is 24.1 Å². The topological polar surface area (TPSA) is 52.9 Å². The van der Waals surface area contributed by atoms with E-state index in [1.807, 2.05) is 6.07 Å². The second-order valence-electron chi connectivity index (χ2n) is 4.51. The van der Waals surface area contributed by atoms with E-state index < -0.39 is 5.82 Å². The highest BCUT2D eigenvalue weighted by Crippen LogP contribution is 2.09. The van der Waals surface area contributed by atoms with E-state index in [1.54, 1.807) is 37.3 Å². The third-order valence-corrected chi connectivity index (χ3v) is 2.84. The summed E-state index contributed by atoms with van der Waals surface area (Å²) in [6.07, 6.45) is 0. The third kappa shape index (κ3) is 3.42. The van der Waals surface area contributed by atoms with Gasteiger partial charge in [-0.2, -0.15) is 5.26 Å². The van der Waals surface area contributed by atoms with Gasteiger partial charge in [-0.15, -0.1) is 0 Å². The van der Waals surface area contributed by atoms with Gasteiger partial charge in [-0.3, -0.25) is 4.79 Å². The molecule has 0 saturated heterocycles. The monoisotopic (exact) mass is 268 g/mol. The number of rotatable bonds is 3. The molecule has 0 atom stereocenters. The zero-order valence-electron chi connectivity index (χ0n) is 11.0. The quantitative estimate of drug-likeness (QED) is 0.930. The van der Waals surface area contributed by atoms with Crippen molar-refractivity contribution in [3.8, 4) is 6.07 Å². The molecule has 100 valence electrons. The summed E-state index contributed by atoms with van der Waals surface area (Å²) in [6, 6.07) is 13.2. The van der Waals surface area contributed by atoms with E-state index in [0.29, 0.717) is 23.2 Å². The molecule has 0 aliphatic carbocycles. The Morgan fingerprint density at radius 3 is 2.55 bits per heavy atom. The summed E-state index contributed by atoms with van der Waals surface area (Å²) in [6.45, 7) is 2.07. The van der Waals surface area contributed by atoms with Crippen molar-refractivity contribution in [3.63, 3.8) is 0 Å². The summed E-state index contributed by atoms with van der Waals surface area (Å²) in [4.78, 5) is 11.9. The van der Waals surface area contributed by atoms with Crippen molar-refractivity contribution in [1.82, 2.24) is 5.32 Å². The number of carbonyl (C=O) groups is 1. The molecular weight excluding hydrogens is 255 g/mol. The maximum atomic E-state index is 13.2. The van der Waals surface area contributed by atoms with E-state index >= 15 is 0 Å². The Hall–Kier alpha value is -2.67. The van der Waals surface area contributed by atoms with Crippen LogP contribution in [0.4, 0.5) is 4.39 Å². The number of benzene rings is 2. The number of nitrogens with zero attached hydrogens (tertiary/aromatic N) is 1.